The van der Waals surface area contributed by atoms with Crippen LogP contribution in [0, 0.1) is 5.82 Å². The van der Waals surface area contributed by atoms with Crippen LogP contribution in [0.3, 0.4) is 0 Å². The molecule has 0 unspecified atom stereocenters. The fraction of sp³-hybridized carbons (Fsp3) is 0.300. The molecule has 0 aliphatic heterocycles. The Morgan fingerprint density at radius 2 is 2.27 bits per heavy atom. The van der Waals surface area contributed by atoms with E-state index in [9.17, 15) is 9.18 Å². The van der Waals surface area contributed by atoms with Crippen molar-refractivity contribution in [3.8, 4) is 5.75 Å². The maximum Gasteiger partial charge on any atom is 0.306 e. The first kappa shape index (κ1) is 11.5. The van der Waals surface area contributed by atoms with Crippen molar-refractivity contribution < 1.29 is 19.0 Å². The molecule has 0 amide bonds. The minimum absolute atomic E-state index is 0.0245. The molecule has 0 heterocycles. The number of aliphatic carboxylic acids is 1. The SMILES string of the molecule is NCc1ccc(OCCC(=O)O)cc1F. The molecule has 15 heavy (non-hydrogen) atoms. The summed E-state index contributed by atoms with van der Waals surface area (Å²) >= 11 is 0. The van der Waals surface area contributed by atoms with E-state index in [1.54, 1.807) is 6.07 Å². The molecule has 0 atom stereocenters. The van der Waals surface area contributed by atoms with Gasteiger partial charge in [-0.3, -0.25) is 4.79 Å². The number of rotatable bonds is 5. The molecule has 4 nitrogen and oxygen atoms in total. The molecule has 1 aromatic carbocycles. The lowest BCUT2D eigenvalue weighted by Crippen LogP contribution is -2.05. The molecule has 0 aliphatic carbocycles. The molecule has 0 bridgehead atoms. The van der Waals surface area contributed by atoms with Crippen LogP contribution in [0.1, 0.15) is 12.0 Å². The van der Waals surface area contributed by atoms with E-state index in [0.717, 1.165) is 0 Å². The van der Waals surface area contributed by atoms with Crippen molar-refractivity contribution in [3.05, 3.63) is 29.6 Å². The van der Waals surface area contributed by atoms with Crippen molar-refractivity contribution in [1.29, 1.82) is 0 Å². The summed E-state index contributed by atoms with van der Waals surface area (Å²) in [5.74, 6) is -1.08. The Hall–Kier alpha value is -1.62. The van der Waals surface area contributed by atoms with E-state index in [1.165, 1.54) is 12.1 Å². The number of halogens is 1. The Morgan fingerprint density at radius 1 is 1.53 bits per heavy atom. The van der Waals surface area contributed by atoms with Gasteiger partial charge < -0.3 is 15.6 Å². The Morgan fingerprint density at radius 3 is 2.80 bits per heavy atom. The average molecular weight is 213 g/mol. The van der Waals surface area contributed by atoms with Crippen molar-refractivity contribution in [2.75, 3.05) is 6.61 Å². The zero-order valence-corrected chi connectivity index (χ0v) is 8.07. The van der Waals surface area contributed by atoms with Crippen molar-refractivity contribution in [2.45, 2.75) is 13.0 Å². The fourth-order valence-corrected chi connectivity index (χ4v) is 1.04. The summed E-state index contributed by atoms with van der Waals surface area (Å²) in [4.78, 5) is 10.2. The number of hydrogen-bond donors (Lipinski definition) is 2. The van der Waals surface area contributed by atoms with Crippen LogP contribution in [0.2, 0.25) is 0 Å². The van der Waals surface area contributed by atoms with Crippen LogP contribution < -0.4 is 10.5 Å². The van der Waals surface area contributed by atoms with E-state index in [-0.39, 0.29) is 19.6 Å². The standard InChI is InChI=1S/C10H12FNO3/c11-9-5-8(2-1-7(9)6-12)15-4-3-10(13)14/h1-2,5H,3-4,6,12H2,(H,13,14). The van der Waals surface area contributed by atoms with E-state index >= 15 is 0 Å². The highest BCUT2D eigenvalue weighted by Gasteiger charge is 2.03. The first-order chi connectivity index (χ1) is 7.13. The molecule has 0 aliphatic rings. The molecule has 1 rings (SSSR count). The zero-order valence-electron chi connectivity index (χ0n) is 8.07. The van der Waals surface area contributed by atoms with Crippen molar-refractivity contribution in [3.63, 3.8) is 0 Å². The van der Waals surface area contributed by atoms with Gasteiger partial charge in [0.1, 0.15) is 11.6 Å². The van der Waals surface area contributed by atoms with Crippen LogP contribution >= 0.6 is 0 Å². The Labute approximate surface area is 86.5 Å². The zero-order chi connectivity index (χ0) is 11.3. The lowest BCUT2D eigenvalue weighted by molar-refractivity contribution is -0.137. The van der Waals surface area contributed by atoms with Gasteiger partial charge in [-0.05, 0) is 6.07 Å². The van der Waals surface area contributed by atoms with Gasteiger partial charge in [0.05, 0.1) is 13.0 Å². The van der Waals surface area contributed by atoms with E-state index < -0.39 is 11.8 Å². The molecule has 0 radical (unpaired) electrons. The highest BCUT2D eigenvalue weighted by atomic mass is 19.1. The van der Waals surface area contributed by atoms with E-state index in [2.05, 4.69) is 0 Å². The summed E-state index contributed by atoms with van der Waals surface area (Å²) in [5, 5.41) is 8.36. The summed E-state index contributed by atoms with van der Waals surface area (Å²) < 4.78 is 18.2. The van der Waals surface area contributed by atoms with Gasteiger partial charge in [-0.25, -0.2) is 4.39 Å². The number of benzene rings is 1. The van der Waals surface area contributed by atoms with Crippen LogP contribution in [0.5, 0.6) is 5.75 Å². The second-order valence-corrected chi connectivity index (χ2v) is 2.95. The van der Waals surface area contributed by atoms with Gasteiger partial charge in [-0.15, -0.1) is 0 Å². The Bertz CT molecular complexity index is 355. The normalized spacial score (nSPS) is 10.0. The molecular weight excluding hydrogens is 201 g/mol. The maximum absolute atomic E-state index is 13.2. The number of hydrogen-bond acceptors (Lipinski definition) is 3. The minimum Gasteiger partial charge on any atom is -0.493 e. The molecule has 82 valence electrons. The first-order valence-corrected chi connectivity index (χ1v) is 4.46. The Balaban J connectivity index is 2.55. The fourth-order valence-electron chi connectivity index (χ4n) is 1.04. The first-order valence-electron chi connectivity index (χ1n) is 4.46. The van der Waals surface area contributed by atoms with Crippen molar-refractivity contribution >= 4 is 5.97 Å². The Kier molecular flexibility index (Phi) is 4.05. The van der Waals surface area contributed by atoms with Gasteiger partial charge in [0.15, 0.2) is 0 Å². The van der Waals surface area contributed by atoms with Gasteiger partial charge in [0.2, 0.25) is 0 Å². The van der Waals surface area contributed by atoms with Crippen molar-refractivity contribution in [2.24, 2.45) is 5.73 Å². The van der Waals surface area contributed by atoms with E-state index in [4.69, 9.17) is 15.6 Å². The second-order valence-electron chi connectivity index (χ2n) is 2.95. The largest absolute Gasteiger partial charge is 0.493 e. The number of carboxylic acids is 1. The average Bonchev–Trinajstić information content (AvgIpc) is 2.17. The highest BCUT2D eigenvalue weighted by molar-refractivity contribution is 5.66. The minimum atomic E-state index is -0.950. The van der Waals surface area contributed by atoms with Crippen LogP contribution in [-0.2, 0) is 11.3 Å². The van der Waals surface area contributed by atoms with Gasteiger partial charge in [-0.2, -0.15) is 0 Å². The molecule has 0 saturated carbocycles. The number of carbonyl (C=O) groups is 1. The lowest BCUT2D eigenvalue weighted by atomic mass is 10.2. The second kappa shape index (κ2) is 5.31. The molecule has 0 fully saturated rings. The van der Waals surface area contributed by atoms with Crippen molar-refractivity contribution in [1.82, 2.24) is 0 Å². The third-order valence-corrected chi connectivity index (χ3v) is 1.83. The van der Waals surface area contributed by atoms with Crippen LogP contribution in [-0.4, -0.2) is 17.7 Å². The predicted molar refractivity (Wildman–Crippen MR) is 52.0 cm³/mol. The third kappa shape index (κ3) is 3.55. The summed E-state index contributed by atoms with van der Waals surface area (Å²) in [5.41, 5.74) is 5.69. The predicted octanol–water partition coefficient (Wildman–Crippen LogP) is 1.14. The van der Waals surface area contributed by atoms with Gasteiger partial charge in [0, 0.05) is 18.2 Å². The summed E-state index contributed by atoms with van der Waals surface area (Å²) in [7, 11) is 0. The monoisotopic (exact) mass is 213 g/mol. The lowest BCUT2D eigenvalue weighted by Gasteiger charge is -2.06. The van der Waals surface area contributed by atoms with Crippen LogP contribution in [0.15, 0.2) is 18.2 Å². The van der Waals surface area contributed by atoms with Crippen LogP contribution in [0.25, 0.3) is 0 Å². The molecule has 5 heteroatoms. The third-order valence-electron chi connectivity index (χ3n) is 1.83. The van der Waals surface area contributed by atoms with Crippen LogP contribution in [0.4, 0.5) is 4.39 Å². The summed E-state index contributed by atoms with van der Waals surface area (Å²) in [6.07, 6.45) is -0.111. The molecular formula is C10H12FNO3. The van der Waals surface area contributed by atoms with Gasteiger partial charge in [-0.1, -0.05) is 6.07 Å². The molecule has 1 aromatic rings. The number of nitrogens with two attached hydrogens (primary N) is 1. The maximum atomic E-state index is 13.2. The quantitative estimate of drug-likeness (QED) is 0.769. The van der Waals surface area contributed by atoms with E-state index in [0.29, 0.717) is 11.3 Å². The highest BCUT2D eigenvalue weighted by Crippen LogP contribution is 2.16. The molecule has 0 saturated heterocycles. The van der Waals surface area contributed by atoms with E-state index in [1.807, 2.05) is 0 Å². The number of carboxylic acid groups (broad SMARTS) is 1. The molecule has 0 aromatic heterocycles. The molecule has 0 spiro atoms. The molecule has 3 N–H and O–H groups in total. The van der Waals surface area contributed by atoms with Gasteiger partial charge in [0.25, 0.3) is 0 Å². The van der Waals surface area contributed by atoms with Gasteiger partial charge >= 0.3 is 5.97 Å². The summed E-state index contributed by atoms with van der Waals surface area (Å²) in [6.45, 7) is 0.151. The number of ether oxygens (including phenoxy) is 1. The summed E-state index contributed by atoms with van der Waals surface area (Å²) in [6, 6.07) is 4.28. The smallest absolute Gasteiger partial charge is 0.306 e. The topological polar surface area (TPSA) is 72.5 Å².